The van der Waals surface area contributed by atoms with Gasteiger partial charge in [0.05, 0.1) is 11.3 Å². The minimum atomic E-state index is -0.587. The Labute approximate surface area is 116 Å². The first-order valence-corrected chi connectivity index (χ1v) is 6.10. The molecule has 0 unspecified atom stereocenters. The van der Waals surface area contributed by atoms with Gasteiger partial charge in [0.1, 0.15) is 0 Å². The molecule has 3 amide bonds. The van der Waals surface area contributed by atoms with E-state index in [2.05, 4.69) is 10.6 Å². The van der Waals surface area contributed by atoms with E-state index in [-0.39, 0.29) is 5.56 Å². The van der Waals surface area contributed by atoms with E-state index in [0.29, 0.717) is 11.4 Å². The Hall–Kier alpha value is -2.82. The van der Waals surface area contributed by atoms with Crippen molar-refractivity contribution in [2.45, 2.75) is 6.92 Å². The maximum Gasteiger partial charge on any atom is 0.323 e. The van der Waals surface area contributed by atoms with Crippen molar-refractivity contribution < 1.29 is 9.59 Å². The van der Waals surface area contributed by atoms with Crippen LogP contribution in [0.5, 0.6) is 0 Å². The number of carbonyl (C=O) groups is 2. The summed E-state index contributed by atoms with van der Waals surface area (Å²) in [4.78, 5) is 23.2. The summed E-state index contributed by atoms with van der Waals surface area (Å²) < 4.78 is 0. The number of nitrogens with one attached hydrogen (secondary N) is 2. The number of aryl methyl sites for hydroxylation is 1. The monoisotopic (exact) mass is 269 g/mol. The number of carbonyl (C=O) groups excluding carboxylic acids is 2. The third kappa shape index (κ3) is 3.35. The van der Waals surface area contributed by atoms with Gasteiger partial charge >= 0.3 is 6.03 Å². The van der Waals surface area contributed by atoms with Crippen LogP contribution in [-0.2, 0) is 0 Å². The van der Waals surface area contributed by atoms with Crippen LogP contribution in [0.3, 0.4) is 0 Å². The van der Waals surface area contributed by atoms with Gasteiger partial charge < -0.3 is 16.4 Å². The molecular formula is C15H15N3O2. The molecule has 5 nitrogen and oxygen atoms in total. The van der Waals surface area contributed by atoms with Crippen molar-refractivity contribution in [3.63, 3.8) is 0 Å². The molecule has 2 aromatic rings. The van der Waals surface area contributed by atoms with Gasteiger partial charge in [-0.25, -0.2) is 4.79 Å². The van der Waals surface area contributed by atoms with E-state index >= 15 is 0 Å². The van der Waals surface area contributed by atoms with Crippen LogP contribution in [0.2, 0.25) is 0 Å². The Balaban J connectivity index is 2.11. The van der Waals surface area contributed by atoms with E-state index in [9.17, 15) is 9.59 Å². The van der Waals surface area contributed by atoms with Crippen molar-refractivity contribution >= 4 is 23.3 Å². The number of para-hydroxylation sites is 1. The van der Waals surface area contributed by atoms with Crippen molar-refractivity contribution in [1.82, 2.24) is 0 Å². The zero-order chi connectivity index (χ0) is 14.5. The lowest BCUT2D eigenvalue weighted by atomic mass is 10.1. The van der Waals surface area contributed by atoms with Gasteiger partial charge in [-0.3, -0.25) is 4.79 Å². The van der Waals surface area contributed by atoms with E-state index in [4.69, 9.17) is 5.73 Å². The molecular weight excluding hydrogens is 254 g/mol. The average molecular weight is 269 g/mol. The average Bonchev–Trinajstić information content (AvgIpc) is 2.38. The first-order valence-electron chi connectivity index (χ1n) is 6.10. The predicted octanol–water partition coefficient (Wildman–Crippen LogP) is 2.74. The molecule has 0 radical (unpaired) electrons. The van der Waals surface area contributed by atoms with Gasteiger partial charge in [-0.15, -0.1) is 0 Å². The van der Waals surface area contributed by atoms with Gasteiger partial charge in [0.25, 0.3) is 5.91 Å². The van der Waals surface area contributed by atoms with Gasteiger partial charge in [-0.1, -0.05) is 24.3 Å². The van der Waals surface area contributed by atoms with Gasteiger partial charge in [-0.2, -0.15) is 0 Å². The molecule has 0 saturated carbocycles. The van der Waals surface area contributed by atoms with Crippen LogP contribution < -0.4 is 16.4 Å². The third-order valence-electron chi connectivity index (χ3n) is 2.72. The summed E-state index contributed by atoms with van der Waals surface area (Å²) in [5.41, 5.74) is 7.62. The number of primary amides is 1. The van der Waals surface area contributed by atoms with Gasteiger partial charge in [-0.05, 0) is 36.8 Å². The summed E-state index contributed by atoms with van der Waals surface area (Å²) in [7, 11) is 0. The Morgan fingerprint density at radius 3 is 2.45 bits per heavy atom. The second-order valence-electron chi connectivity index (χ2n) is 4.36. The minimum absolute atomic E-state index is 0.270. The Bertz CT molecular complexity index is 653. The lowest BCUT2D eigenvalue weighted by molar-refractivity contribution is 0.100. The van der Waals surface area contributed by atoms with Crippen molar-refractivity contribution in [3.8, 4) is 0 Å². The molecule has 2 rings (SSSR count). The molecule has 0 aromatic heterocycles. The highest BCUT2D eigenvalue weighted by Crippen LogP contribution is 2.15. The molecule has 5 heteroatoms. The van der Waals surface area contributed by atoms with Gasteiger partial charge in [0.2, 0.25) is 0 Å². The number of rotatable bonds is 3. The van der Waals surface area contributed by atoms with Crippen molar-refractivity contribution in [3.05, 3.63) is 59.7 Å². The standard InChI is InChI=1S/C15H15N3O2/c1-10-5-4-6-11(9-10)17-15(20)18-13-8-3-2-7-12(13)14(16)19/h2-9H,1H3,(H2,16,19)(H2,17,18,20). The van der Waals surface area contributed by atoms with Crippen LogP contribution in [0, 0.1) is 6.92 Å². The Morgan fingerprint density at radius 2 is 1.75 bits per heavy atom. The molecule has 102 valence electrons. The number of anilines is 2. The van der Waals surface area contributed by atoms with E-state index in [1.807, 2.05) is 25.1 Å². The van der Waals surface area contributed by atoms with E-state index in [1.165, 1.54) is 0 Å². The molecule has 0 spiro atoms. The summed E-state index contributed by atoms with van der Waals surface area (Å²) in [5, 5.41) is 5.30. The zero-order valence-electron chi connectivity index (χ0n) is 11.0. The lowest BCUT2D eigenvalue weighted by Gasteiger charge is -2.10. The first-order chi connectivity index (χ1) is 9.56. The SMILES string of the molecule is Cc1cccc(NC(=O)Nc2ccccc2C(N)=O)c1. The summed E-state index contributed by atoms with van der Waals surface area (Å²) in [5.74, 6) is -0.587. The fourth-order valence-electron chi connectivity index (χ4n) is 1.81. The van der Waals surface area contributed by atoms with E-state index < -0.39 is 11.9 Å². The molecule has 4 N–H and O–H groups in total. The predicted molar refractivity (Wildman–Crippen MR) is 78.8 cm³/mol. The van der Waals surface area contributed by atoms with Crippen LogP contribution in [0.1, 0.15) is 15.9 Å². The maximum absolute atomic E-state index is 11.9. The molecule has 0 saturated heterocycles. The fraction of sp³-hybridized carbons (Fsp3) is 0.0667. The maximum atomic E-state index is 11.9. The molecule has 0 atom stereocenters. The van der Waals surface area contributed by atoms with Crippen LogP contribution >= 0.6 is 0 Å². The molecule has 0 heterocycles. The van der Waals surface area contributed by atoms with Crippen LogP contribution in [0.25, 0.3) is 0 Å². The van der Waals surface area contributed by atoms with Crippen molar-refractivity contribution in [2.24, 2.45) is 5.73 Å². The van der Waals surface area contributed by atoms with Gasteiger partial charge in [0, 0.05) is 5.69 Å². The molecule has 0 aliphatic rings. The number of hydrogen-bond acceptors (Lipinski definition) is 2. The molecule has 0 bridgehead atoms. The number of hydrogen-bond donors (Lipinski definition) is 3. The third-order valence-corrected chi connectivity index (χ3v) is 2.72. The lowest BCUT2D eigenvalue weighted by Crippen LogP contribution is -2.22. The highest BCUT2D eigenvalue weighted by Gasteiger charge is 2.10. The largest absolute Gasteiger partial charge is 0.366 e. The second-order valence-corrected chi connectivity index (χ2v) is 4.36. The number of amides is 3. The highest BCUT2D eigenvalue weighted by atomic mass is 16.2. The first kappa shape index (κ1) is 13.6. The van der Waals surface area contributed by atoms with E-state index in [1.54, 1.807) is 30.3 Å². The highest BCUT2D eigenvalue weighted by molar-refractivity contribution is 6.06. The fourth-order valence-corrected chi connectivity index (χ4v) is 1.81. The van der Waals surface area contributed by atoms with Crippen molar-refractivity contribution in [2.75, 3.05) is 10.6 Å². The van der Waals surface area contributed by atoms with E-state index in [0.717, 1.165) is 5.56 Å². The molecule has 2 aromatic carbocycles. The topological polar surface area (TPSA) is 84.2 Å². The summed E-state index contributed by atoms with van der Waals surface area (Å²) >= 11 is 0. The number of nitrogens with two attached hydrogens (primary N) is 1. The quantitative estimate of drug-likeness (QED) is 0.800. The summed E-state index contributed by atoms with van der Waals surface area (Å²) in [6.45, 7) is 1.94. The molecule has 0 fully saturated rings. The van der Waals surface area contributed by atoms with Crippen LogP contribution in [0.15, 0.2) is 48.5 Å². The second kappa shape index (κ2) is 5.88. The molecule has 20 heavy (non-hydrogen) atoms. The molecule has 0 aliphatic carbocycles. The normalized spacial score (nSPS) is 9.85. The van der Waals surface area contributed by atoms with Crippen LogP contribution in [0.4, 0.5) is 16.2 Å². The minimum Gasteiger partial charge on any atom is -0.366 e. The van der Waals surface area contributed by atoms with Crippen molar-refractivity contribution in [1.29, 1.82) is 0 Å². The zero-order valence-corrected chi connectivity index (χ0v) is 11.0. The Morgan fingerprint density at radius 1 is 1.00 bits per heavy atom. The summed E-state index contributed by atoms with van der Waals surface area (Å²) in [6.07, 6.45) is 0. The number of urea groups is 1. The smallest absolute Gasteiger partial charge is 0.323 e. The van der Waals surface area contributed by atoms with Gasteiger partial charge in [0.15, 0.2) is 0 Å². The summed E-state index contributed by atoms with van der Waals surface area (Å²) in [6, 6.07) is 13.6. The molecule has 0 aliphatic heterocycles. The Kier molecular flexibility index (Phi) is 4.00. The van der Waals surface area contributed by atoms with Crippen LogP contribution in [-0.4, -0.2) is 11.9 Å². The number of benzene rings is 2.